The highest BCUT2D eigenvalue weighted by molar-refractivity contribution is 6.37. The summed E-state index contributed by atoms with van der Waals surface area (Å²) in [6.45, 7) is -13.2. The van der Waals surface area contributed by atoms with Gasteiger partial charge in [0.05, 0.1) is 69.9 Å². The number of methoxy groups -OCH3 is 2. The average molecular weight is 914 g/mol. The fourth-order valence-corrected chi connectivity index (χ4v) is 8.46. The molecule has 19 heteroatoms. The first kappa shape index (κ1) is 34.7. The Balaban J connectivity index is 0.920. The van der Waals surface area contributed by atoms with E-state index < -0.39 is 96.6 Å². The number of amides is 4. The first-order valence-electron chi connectivity index (χ1n) is 23.8. The van der Waals surface area contributed by atoms with Crippen LogP contribution in [0.4, 0.5) is 25.8 Å². The van der Waals surface area contributed by atoms with Crippen molar-refractivity contribution in [1.29, 1.82) is 5.26 Å². The number of benzene rings is 3. The highest BCUT2D eigenvalue weighted by Crippen LogP contribution is 2.41. The molecular weight excluding hydrogens is 861 g/mol. The number of pyridine rings is 1. The third-order valence-corrected chi connectivity index (χ3v) is 11.8. The minimum absolute atomic E-state index is 0.229. The molecule has 4 aliphatic heterocycles. The second-order valence-electron chi connectivity index (χ2n) is 15.0. The summed E-state index contributed by atoms with van der Waals surface area (Å²) < 4.78 is 121. The Morgan fingerprint density at radius 3 is 2.38 bits per heavy atom. The molecule has 4 aromatic rings. The SMILES string of the molecule is [2H]C1([2H])N(CC2CCN(CCCOc3cc4ncc(C#N)c(Nc5cc(OC)c(Cl)cc5Cl)c4cc3OC)CC2)C([2H])([2H])C([2H])([2H])N(c2c(F)cc3c(c2F)C(=O)N(C2CCC(=O)NC2=O)C3=O)C1([2H])[2H]. The number of fused-ring (bicyclic) bond motifs is 2. The van der Waals surface area contributed by atoms with E-state index in [9.17, 15) is 24.4 Å². The van der Waals surface area contributed by atoms with Crippen LogP contribution in [0.5, 0.6) is 17.2 Å². The van der Waals surface area contributed by atoms with Crippen LogP contribution in [0.1, 0.15) is 69.3 Å². The molecule has 5 heterocycles. The Morgan fingerprint density at radius 2 is 1.68 bits per heavy atom. The molecule has 4 aliphatic rings. The number of likely N-dealkylation sites (tertiary alicyclic amines) is 1. The van der Waals surface area contributed by atoms with Crippen LogP contribution >= 0.6 is 23.2 Å². The molecule has 3 fully saturated rings. The predicted octanol–water partition coefficient (Wildman–Crippen LogP) is 6.16. The number of carbonyl (C=O) groups excluding carboxylic acids is 4. The fraction of sp³-hybridized carbons (Fsp3) is 0.409. The molecular formula is C44H44Cl2F2N8O7. The summed E-state index contributed by atoms with van der Waals surface area (Å²) in [5, 5.41) is 16.2. The van der Waals surface area contributed by atoms with Crippen LogP contribution in [0.25, 0.3) is 10.9 Å². The predicted molar refractivity (Wildman–Crippen MR) is 230 cm³/mol. The van der Waals surface area contributed by atoms with Crippen LogP contribution in [-0.4, -0.2) is 122 Å². The van der Waals surface area contributed by atoms with Gasteiger partial charge in [-0.05, 0) is 62.9 Å². The van der Waals surface area contributed by atoms with Gasteiger partial charge in [-0.2, -0.15) is 5.26 Å². The maximum Gasteiger partial charge on any atom is 0.265 e. The summed E-state index contributed by atoms with van der Waals surface area (Å²) in [4.78, 5) is 58.0. The molecule has 0 aliphatic carbocycles. The average Bonchev–Trinajstić information content (AvgIpc) is 3.56. The van der Waals surface area contributed by atoms with Crippen molar-refractivity contribution in [2.45, 2.75) is 38.1 Å². The van der Waals surface area contributed by atoms with Gasteiger partial charge in [-0.3, -0.25) is 39.3 Å². The number of imide groups is 2. The summed E-state index contributed by atoms with van der Waals surface area (Å²) in [7, 11) is 2.93. The number of ether oxygens (including phenoxy) is 3. The lowest BCUT2D eigenvalue weighted by atomic mass is 9.95. The van der Waals surface area contributed by atoms with Crippen LogP contribution in [-0.2, 0) is 9.59 Å². The first-order valence-corrected chi connectivity index (χ1v) is 20.5. The molecule has 0 spiro atoms. The Labute approximate surface area is 383 Å². The Morgan fingerprint density at radius 1 is 0.937 bits per heavy atom. The summed E-state index contributed by atoms with van der Waals surface area (Å²) in [6, 6.07) is 7.36. The maximum atomic E-state index is 16.6. The Hall–Kier alpha value is -5.80. The van der Waals surface area contributed by atoms with Crippen molar-refractivity contribution in [3.05, 3.63) is 74.9 Å². The van der Waals surface area contributed by atoms with E-state index in [-0.39, 0.29) is 34.9 Å². The van der Waals surface area contributed by atoms with Gasteiger partial charge >= 0.3 is 0 Å². The standard InChI is InChI=1S/C44H44Cl2F2N8O7/c1-61-34-20-32(28(45)18-29(34)46)51-40-25(21-49)22-50-31-19-36(35(62-2)17-26(31)40)63-15-3-8-53-9-6-24(7-10-53)23-54-11-13-55(14-12-54)41-30(47)16-27-38(39(41)48)44(60)56(43(27)59)33-4-5-37(57)52-42(33)58/h16-20,22,24,33H,3-15,23H2,1-2H3,(H,50,51)(H,52,57,58)/i11D2,12D2,13D2,14D2. The van der Waals surface area contributed by atoms with Gasteiger partial charge in [-0.1, -0.05) is 23.2 Å². The first-order chi connectivity index (χ1) is 33.4. The summed E-state index contributed by atoms with van der Waals surface area (Å²) >= 11 is 12.7. The monoisotopic (exact) mass is 912 g/mol. The minimum atomic E-state index is -3.73. The lowest BCUT2D eigenvalue weighted by molar-refractivity contribution is -0.136. The number of rotatable bonds is 13. The van der Waals surface area contributed by atoms with Gasteiger partial charge in [0.15, 0.2) is 17.3 Å². The van der Waals surface area contributed by atoms with Gasteiger partial charge in [0.1, 0.15) is 29.4 Å². The van der Waals surface area contributed by atoms with Crippen molar-refractivity contribution in [3.63, 3.8) is 0 Å². The largest absolute Gasteiger partial charge is 0.495 e. The van der Waals surface area contributed by atoms with E-state index in [1.54, 1.807) is 18.2 Å². The number of nitriles is 1. The molecule has 1 atom stereocenters. The molecule has 330 valence electrons. The molecule has 3 aromatic carbocycles. The van der Waals surface area contributed by atoms with Crippen molar-refractivity contribution in [3.8, 4) is 23.3 Å². The Bertz CT molecular complexity index is 2900. The van der Waals surface area contributed by atoms with E-state index in [2.05, 4.69) is 21.3 Å². The van der Waals surface area contributed by atoms with Gasteiger partial charge in [0.25, 0.3) is 11.8 Å². The highest BCUT2D eigenvalue weighted by atomic mass is 35.5. The number of anilines is 3. The number of hydrogen-bond donors (Lipinski definition) is 2. The fourth-order valence-electron chi connectivity index (χ4n) is 7.95. The molecule has 1 aromatic heterocycles. The zero-order chi connectivity index (χ0) is 51.7. The number of piperidine rings is 2. The third-order valence-electron chi connectivity index (χ3n) is 11.2. The lowest BCUT2D eigenvalue weighted by Crippen LogP contribution is -2.54. The number of halogens is 4. The number of carbonyl (C=O) groups is 4. The highest BCUT2D eigenvalue weighted by Gasteiger charge is 2.47. The smallest absolute Gasteiger partial charge is 0.265 e. The quantitative estimate of drug-likeness (QED) is 0.116. The van der Waals surface area contributed by atoms with E-state index in [0.29, 0.717) is 99.3 Å². The summed E-state index contributed by atoms with van der Waals surface area (Å²) in [6.07, 6.45) is 2.07. The van der Waals surface area contributed by atoms with Crippen LogP contribution in [0.3, 0.4) is 0 Å². The van der Waals surface area contributed by atoms with Crippen LogP contribution in [0.2, 0.25) is 10.0 Å². The molecule has 0 saturated carbocycles. The van der Waals surface area contributed by atoms with Crippen molar-refractivity contribution in [2.24, 2.45) is 5.92 Å². The lowest BCUT2D eigenvalue weighted by Gasteiger charge is -2.39. The maximum absolute atomic E-state index is 16.6. The summed E-state index contributed by atoms with van der Waals surface area (Å²) in [5.41, 5.74) is -2.12. The second kappa shape index (κ2) is 18.5. The zero-order valence-corrected chi connectivity index (χ0v) is 35.3. The van der Waals surface area contributed by atoms with Crippen LogP contribution in [0.15, 0.2) is 36.5 Å². The number of nitrogens with zero attached hydrogens (tertiary/aromatic N) is 6. The number of aromatic nitrogens is 1. The van der Waals surface area contributed by atoms with E-state index in [0.717, 1.165) is 0 Å². The topological polar surface area (TPSA) is 170 Å². The third kappa shape index (κ3) is 8.77. The number of nitrogens with one attached hydrogen (secondary N) is 2. The number of hydrogen-bond acceptors (Lipinski definition) is 13. The van der Waals surface area contributed by atoms with Gasteiger partial charge in [0, 0.05) is 74.7 Å². The molecule has 63 heavy (non-hydrogen) atoms. The van der Waals surface area contributed by atoms with Crippen molar-refractivity contribution >= 4 is 74.8 Å². The van der Waals surface area contributed by atoms with Gasteiger partial charge in [-0.15, -0.1) is 0 Å². The second-order valence-corrected chi connectivity index (χ2v) is 15.9. The normalized spacial score (nSPS) is 23.8. The molecule has 1 unspecified atom stereocenters. The van der Waals surface area contributed by atoms with Gasteiger partial charge in [0.2, 0.25) is 11.8 Å². The Kier molecular flexibility index (Phi) is 10.2. The zero-order valence-electron chi connectivity index (χ0n) is 41.7. The van der Waals surface area contributed by atoms with E-state index in [4.69, 9.17) is 48.4 Å². The molecule has 0 radical (unpaired) electrons. The summed E-state index contributed by atoms with van der Waals surface area (Å²) in [5.74, 6) is -7.64. The minimum Gasteiger partial charge on any atom is -0.495 e. The van der Waals surface area contributed by atoms with E-state index in [1.807, 2.05) is 5.32 Å². The van der Waals surface area contributed by atoms with Gasteiger partial charge < -0.3 is 29.3 Å². The van der Waals surface area contributed by atoms with Crippen molar-refractivity contribution in [1.82, 2.24) is 25.0 Å². The van der Waals surface area contributed by atoms with E-state index in [1.165, 1.54) is 26.5 Å². The van der Waals surface area contributed by atoms with Gasteiger partial charge in [-0.25, -0.2) is 8.78 Å². The molecule has 0 bridgehead atoms. The van der Waals surface area contributed by atoms with Crippen molar-refractivity contribution < 1.29 is 53.1 Å². The molecule has 2 N–H and O–H groups in total. The van der Waals surface area contributed by atoms with Crippen molar-refractivity contribution in [2.75, 3.05) is 83.2 Å². The van der Waals surface area contributed by atoms with E-state index >= 15 is 8.78 Å². The van der Waals surface area contributed by atoms with Crippen LogP contribution in [0, 0.1) is 28.9 Å². The van der Waals surface area contributed by atoms with Crippen LogP contribution < -0.4 is 29.7 Å². The molecule has 15 nitrogen and oxygen atoms in total. The molecule has 3 saturated heterocycles. The number of piperazine rings is 1. The molecule has 8 rings (SSSR count). The molecule has 4 amide bonds.